The molecule has 10 heteroatoms. The van der Waals surface area contributed by atoms with Crippen molar-refractivity contribution in [2.24, 2.45) is 5.92 Å². The minimum absolute atomic E-state index is 0.0699. The number of nitrogens with zero attached hydrogens (tertiary/aromatic N) is 5. The average Bonchev–Trinajstić information content (AvgIpc) is 3.27. The van der Waals surface area contributed by atoms with Gasteiger partial charge in [-0.05, 0) is 47.5 Å². The van der Waals surface area contributed by atoms with Gasteiger partial charge in [-0.25, -0.2) is 29.1 Å². The number of H-pyrrole nitrogens is 1. The lowest BCUT2D eigenvalue weighted by molar-refractivity contribution is 0.111. The summed E-state index contributed by atoms with van der Waals surface area (Å²) in [6.07, 6.45) is 9.07. The second-order valence-electron chi connectivity index (χ2n) is 6.39. The van der Waals surface area contributed by atoms with E-state index in [0.717, 1.165) is 25.7 Å². The standard InChI is InChI=1S/C16H17BrN6O3/c17-12-7-19-13-14(20-12)23(15(24)21-13)11-3-1-10(2-4-11)8-26-16(25)22-6-5-18-9-22/h5-7,9-11H,1-4,8H2,(H,19,21,24). The Bertz CT molecular complexity index is 972. The van der Waals surface area contributed by atoms with Gasteiger partial charge in [0.05, 0.1) is 12.8 Å². The van der Waals surface area contributed by atoms with Crippen LogP contribution in [0, 0.1) is 5.92 Å². The molecule has 0 aliphatic heterocycles. The second kappa shape index (κ2) is 7.02. The molecule has 0 atom stereocenters. The van der Waals surface area contributed by atoms with Crippen molar-refractivity contribution >= 4 is 33.3 Å². The first-order valence-electron chi connectivity index (χ1n) is 8.39. The molecule has 0 radical (unpaired) electrons. The highest BCUT2D eigenvalue weighted by atomic mass is 79.9. The van der Waals surface area contributed by atoms with Crippen LogP contribution in [0.1, 0.15) is 31.7 Å². The van der Waals surface area contributed by atoms with Crippen molar-refractivity contribution in [2.45, 2.75) is 31.7 Å². The molecule has 4 rings (SSSR count). The van der Waals surface area contributed by atoms with Crippen LogP contribution < -0.4 is 5.69 Å². The van der Waals surface area contributed by atoms with Crippen LogP contribution in [0.4, 0.5) is 4.79 Å². The fourth-order valence-corrected chi connectivity index (χ4v) is 3.68. The maximum absolute atomic E-state index is 12.3. The van der Waals surface area contributed by atoms with E-state index >= 15 is 0 Å². The molecule has 0 amide bonds. The van der Waals surface area contributed by atoms with Crippen molar-refractivity contribution in [3.05, 3.63) is 40.0 Å². The molecule has 1 aliphatic carbocycles. The third-order valence-electron chi connectivity index (χ3n) is 4.74. The van der Waals surface area contributed by atoms with Crippen LogP contribution in [0.25, 0.3) is 11.3 Å². The number of nitrogens with one attached hydrogen (secondary N) is 1. The van der Waals surface area contributed by atoms with Gasteiger partial charge >= 0.3 is 11.8 Å². The Morgan fingerprint density at radius 3 is 2.88 bits per heavy atom. The Hall–Kier alpha value is -2.49. The Morgan fingerprint density at radius 2 is 2.15 bits per heavy atom. The molecule has 0 saturated heterocycles. The molecule has 3 aromatic rings. The molecule has 3 aromatic heterocycles. The molecule has 1 fully saturated rings. The van der Waals surface area contributed by atoms with Crippen LogP contribution in [-0.4, -0.2) is 41.8 Å². The number of halogens is 1. The minimum atomic E-state index is -0.419. The van der Waals surface area contributed by atoms with Crippen molar-refractivity contribution in [2.75, 3.05) is 6.61 Å². The van der Waals surface area contributed by atoms with E-state index in [9.17, 15) is 9.59 Å². The van der Waals surface area contributed by atoms with E-state index in [4.69, 9.17) is 4.74 Å². The first-order valence-corrected chi connectivity index (χ1v) is 9.19. The summed E-state index contributed by atoms with van der Waals surface area (Å²) in [7, 11) is 0. The molecule has 0 bridgehead atoms. The smallest absolute Gasteiger partial charge is 0.419 e. The first kappa shape index (κ1) is 17.0. The van der Waals surface area contributed by atoms with Crippen molar-refractivity contribution in [1.82, 2.24) is 29.1 Å². The molecule has 0 unspecified atom stereocenters. The average molecular weight is 421 g/mol. The number of imidazole rings is 2. The summed E-state index contributed by atoms with van der Waals surface area (Å²) < 4.78 is 8.95. The van der Waals surface area contributed by atoms with Crippen LogP contribution in [-0.2, 0) is 4.74 Å². The van der Waals surface area contributed by atoms with Gasteiger partial charge < -0.3 is 4.74 Å². The Kier molecular flexibility index (Phi) is 4.58. The SMILES string of the molecule is O=C(OCC1CCC(n2c(=O)[nH]c3ncc(Br)nc32)CC1)n1ccnc1. The molecule has 1 N–H and O–H groups in total. The topological polar surface area (TPSA) is 108 Å². The summed E-state index contributed by atoms with van der Waals surface area (Å²) in [5.41, 5.74) is 0.877. The number of carbonyl (C=O) groups is 1. The normalized spacial score (nSPS) is 20.3. The highest BCUT2D eigenvalue weighted by Gasteiger charge is 2.26. The van der Waals surface area contributed by atoms with Gasteiger partial charge in [0.1, 0.15) is 10.9 Å². The number of aromatic nitrogens is 6. The van der Waals surface area contributed by atoms with Gasteiger partial charge in [-0.1, -0.05) is 0 Å². The lowest BCUT2D eigenvalue weighted by Gasteiger charge is -2.28. The largest absolute Gasteiger partial charge is 0.449 e. The fourth-order valence-electron chi connectivity index (χ4n) is 3.41. The van der Waals surface area contributed by atoms with Crippen molar-refractivity contribution < 1.29 is 9.53 Å². The van der Waals surface area contributed by atoms with Gasteiger partial charge in [-0.2, -0.15) is 0 Å². The number of aromatic amines is 1. The quantitative estimate of drug-likeness (QED) is 0.696. The first-order chi connectivity index (χ1) is 12.6. The second-order valence-corrected chi connectivity index (χ2v) is 7.20. The van der Waals surface area contributed by atoms with Crippen LogP contribution in [0.3, 0.4) is 0 Å². The monoisotopic (exact) mass is 420 g/mol. The zero-order valence-corrected chi connectivity index (χ0v) is 15.4. The predicted octanol–water partition coefficient (Wildman–Crippen LogP) is 2.49. The summed E-state index contributed by atoms with van der Waals surface area (Å²) >= 11 is 3.30. The molecule has 1 aliphatic rings. The molecule has 0 aromatic carbocycles. The zero-order chi connectivity index (χ0) is 18.1. The van der Waals surface area contributed by atoms with Crippen molar-refractivity contribution in [1.29, 1.82) is 0 Å². The van der Waals surface area contributed by atoms with Gasteiger partial charge in [0.2, 0.25) is 0 Å². The summed E-state index contributed by atoms with van der Waals surface area (Å²) in [4.78, 5) is 39.3. The van der Waals surface area contributed by atoms with E-state index in [-0.39, 0.29) is 17.6 Å². The zero-order valence-electron chi connectivity index (χ0n) is 13.8. The van der Waals surface area contributed by atoms with E-state index < -0.39 is 6.09 Å². The number of ether oxygens (including phenoxy) is 1. The van der Waals surface area contributed by atoms with Crippen LogP contribution >= 0.6 is 15.9 Å². The maximum Gasteiger partial charge on any atom is 0.419 e. The lowest BCUT2D eigenvalue weighted by atomic mass is 9.86. The number of carbonyl (C=O) groups excluding carboxylic acids is 1. The Balaban J connectivity index is 1.40. The molecule has 0 spiro atoms. The van der Waals surface area contributed by atoms with E-state index in [1.807, 2.05) is 0 Å². The predicted molar refractivity (Wildman–Crippen MR) is 95.8 cm³/mol. The van der Waals surface area contributed by atoms with E-state index in [0.29, 0.717) is 22.5 Å². The van der Waals surface area contributed by atoms with Crippen molar-refractivity contribution in [3.63, 3.8) is 0 Å². The fraction of sp³-hybridized carbons (Fsp3) is 0.438. The van der Waals surface area contributed by atoms with E-state index in [2.05, 4.69) is 35.9 Å². The van der Waals surface area contributed by atoms with E-state index in [1.165, 1.54) is 17.1 Å². The number of hydrogen-bond acceptors (Lipinski definition) is 6. The number of fused-ring (bicyclic) bond motifs is 1. The summed E-state index contributed by atoms with van der Waals surface area (Å²) in [6.45, 7) is 0.373. The summed E-state index contributed by atoms with van der Waals surface area (Å²) in [5, 5.41) is 0. The number of hydrogen-bond donors (Lipinski definition) is 1. The molecular weight excluding hydrogens is 404 g/mol. The molecule has 1 saturated carbocycles. The third-order valence-corrected chi connectivity index (χ3v) is 5.12. The van der Waals surface area contributed by atoms with Gasteiger partial charge in [0, 0.05) is 18.4 Å². The third kappa shape index (κ3) is 3.28. The van der Waals surface area contributed by atoms with Crippen LogP contribution in [0.2, 0.25) is 0 Å². The van der Waals surface area contributed by atoms with Gasteiger partial charge in [-0.15, -0.1) is 0 Å². The summed E-state index contributed by atoms with van der Waals surface area (Å²) in [6, 6.07) is 0.0699. The number of rotatable bonds is 3. The van der Waals surface area contributed by atoms with Gasteiger partial charge in [-0.3, -0.25) is 9.55 Å². The Labute approximate surface area is 156 Å². The van der Waals surface area contributed by atoms with Gasteiger partial charge in [0.15, 0.2) is 11.3 Å². The molecule has 26 heavy (non-hydrogen) atoms. The molecule has 136 valence electrons. The van der Waals surface area contributed by atoms with Gasteiger partial charge in [0.25, 0.3) is 0 Å². The summed E-state index contributed by atoms with van der Waals surface area (Å²) in [5.74, 6) is 0.289. The maximum atomic E-state index is 12.3. The highest BCUT2D eigenvalue weighted by molar-refractivity contribution is 9.10. The minimum Gasteiger partial charge on any atom is -0.449 e. The Morgan fingerprint density at radius 1 is 1.35 bits per heavy atom. The molecular formula is C16H17BrN6O3. The van der Waals surface area contributed by atoms with Crippen molar-refractivity contribution in [3.8, 4) is 0 Å². The highest BCUT2D eigenvalue weighted by Crippen LogP contribution is 2.33. The van der Waals surface area contributed by atoms with E-state index in [1.54, 1.807) is 17.0 Å². The lowest BCUT2D eigenvalue weighted by Crippen LogP contribution is -2.28. The molecule has 9 nitrogen and oxygen atoms in total. The van der Waals surface area contributed by atoms with Crippen LogP contribution in [0.15, 0.2) is 34.3 Å². The molecule has 3 heterocycles. The van der Waals surface area contributed by atoms with Crippen LogP contribution in [0.5, 0.6) is 0 Å².